The van der Waals surface area contributed by atoms with Gasteiger partial charge >= 0.3 is 6.18 Å². The summed E-state index contributed by atoms with van der Waals surface area (Å²) < 4.78 is 66.8. The van der Waals surface area contributed by atoms with Crippen LogP contribution in [0.1, 0.15) is 24.8 Å². The van der Waals surface area contributed by atoms with Crippen molar-refractivity contribution in [2.45, 2.75) is 37.3 Å². The van der Waals surface area contributed by atoms with Crippen LogP contribution >= 0.6 is 11.3 Å². The smallest absolute Gasteiger partial charge is 0.363 e. The van der Waals surface area contributed by atoms with Crippen molar-refractivity contribution < 1.29 is 21.6 Å². The Balaban J connectivity index is 1.98. The second-order valence-electron chi connectivity index (χ2n) is 7.42. The van der Waals surface area contributed by atoms with Gasteiger partial charge < -0.3 is 4.90 Å². The summed E-state index contributed by atoms with van der Waals surface area (Å²) >= 11 is 1.32. The van der Waals surface area contributed by atoms with E-state index in [1.807, 2.05) is 31.2 Å². The van der Waals surface area contributed by atoms with Gasteiger partial charge in [-0.05, 0) is 48.9 Å². The van der Waals surface area contributed by atoms with E-state index in [2.05, 4.69) is 4.98 Å². The molecule has 0 aliphatic heterocycles. The first-order valence-corrected chi connectivity index (χ1v) is 12.0. The predicted octanol–water partition coefficient (Wildman–Crippen LogP) is 5.60. The number of nitrogens with zero attached hydrogens (tertiary/aromatic N) is 3. The van der Waals surface area contributed by atoms with E-state index in [4.69, 9.17) is 0 Å². The van der Waals surface area contributed by atoms with Crippen LogP contribution in [0, 0.1) is 6.92 Å². The Morgan fingerprint density at radius 1 is 1.06 bits per heavy atom. The zero-order valence-electron chi connectivity index (χ0n) is 17.5. The van der Waals surface area contributed by atoms with Gasteiger partial charge in [0.2, 0.25) is 0 Å². The maximum atomic E-state index is 13.5. The van der Waals surface area contributed by atoms with E-state index in [0.717, 1.165) is 15.6 Å². The molecular weight excluding hydrogens is 447 g/mol. The van der Waals surface area contributed by atoms with Gasteiger partial charge in [0.25, 0.3) is 10.0 Å². The van der Waals surface area contributed by atoms with Gasteiger partial charge in [0, 0.05) is 38.0 Å². The number of unbranched alkanes of at least 4 members (excludes halogenated alkanes) is 1. The first kappa shape index (κ1) is 23.3. The Morgan fingerprint density at radius 2 is 1.77 bits per heavy atom. The molecule has 2 heterocycles. The fraction of sp³-hybridized carbons (Fsp3) is 0.381. The molecule has 0 radical (unpaired) electrons. The molecule has 0 bridgehead atoms. The Labute approximate surface area is 184 Å². The Bertz CT molecular complexity index is 1140. The topological polar surface area (TPSA) is 53.5 Å². The van der Waals surface area contributed by atoms with Gasteiger partial charge in [-0.25, -0.2) is 13.4 Å². The normalized spacial score (nSPS) is 12.3. The number of anilines is 2. The molecule has 5 nitrogen and oxygen atoms in total. The lowest BCUT2D eigenvalue weighted by Crippen LogP contribution is -2.32. The molecular formula is C21H24F3N3O2S2. The maximum Gasteiger partial charge on any atom is 0.389 e. The number of pyridine rings is 1. The van der Waals surface area contributed by atoms with Gasteiger partial charge in [0.15, 0.2) is 0 Å². The van der Waals surface area contributed by atoms with Crippen molar-refractivity contribution in [1.29, 1.82) is 0 Å². The molecule has 31 heavy (non-hydrogen) atoms. The van der Waals surface area contributed by atoms with Gasteiger partial charge in [-0.15, -0.1) is 11.3 Å². The zero-order chi connectivity index (χ0) is 22.8. The third kappa shape index (κ3) is 5.30. The van der Waals surface area contributed by atoms with Crippen LogP contribution in [0.4, 0.5) is 24.0 Å². The van der Waals surface area contributed by atoms with Gasteiger partial charge in [-0.3, -0.25) is 4.31 Å². The van der Waals surface area contributed by atoms with Crippen molar-refractivity contribution in [3.63, 3.8) is 0 Å². The van der Waals surface area contributed by atoms with Gasteiger partial charge in [0.05, 0.1) is 0 Å². The molecule has 0 atom stereocenters. The zero-order valence-corrected chi connectivity index (χ0v) is 19.1. The maximum absolute atomic E-state index is 13.5. The van der Waals surface area contributed by atoms with Gasteiger partial charge in [-0.2, -0.15) is 13.2 Å². The molecule has 0 fully saturated rings. The summed E-state index contributed by atoms with van der Waals surface area (Å²) in [6, 6.07) is 10.6. The number of halogens is 3. The Hall–Kier alpha value is -2.33. The van der Waals surface area contributed by atoms with Crippen molar-refractivity contribution in [3.8, 4) is 0 Å². The third-order valence-corrected chi connectivity index (χ3v) is 8.08. The Morgan fingerprint density at radius 3 is 2.35 bits per heavy atom. The van der Waals surface area contributed by atoms with Crippen molar-refractivity contribution in [2.24, 2.45) is 0 Å². The third-order valence-electron chi connectivity index (χ3n) is 4.88. The minimum atomic E-state index is -4.26. The van der Waals surface area contributed by atoms with Crippen LogP contribution < -0.4 is 9.21 Å². The summed E-state index contributed by atoms with van der Waals surface area (Å²) in [5, 5.41) is 1.45. The number of fused-ring (bicyclic) bond motifs is 1. The average Bonchev–Trinajstić information content (AvgIpc) is 3.03. The molecule has 0 aliphatic carbocycles. The number of sulfonamides is 1. The minimum absolute atomic E-state index is 0.00535. The molecule has 10 heteroatoms. The van der Waals surface area contributed by atoms with Crippen molar-refractivity contribution in [2.75, 3.05) is 29.8 Å². The highest BCUT2D eigenvalue weighted by atomic mass is 32.2. The molecule has 0 aliphatic rings. The molecule has 0 amide bonds. The second kappa shape index (κ2) is 9.04. The van der Waals surface area contributed by atoms with Crippen molar-refractivity contribution >= 4 is 42.3 Å². The fourth-order valence-corrected chi connectivity index (χ4v) is 6.18. The summed E-state index contributed by atoms with van der Waals surface area (Å²) in [5.74, 6) is 0.605. The van der Waals surface area contributed by atoms with Crippen molar-refractivity contribution in [3.05, 3.63) is 48.2 Å². The highest BCUT2D eigenvalue weighted by molar-refractivity contribution is 7.93. The Kier molecular flexibility index (Phi) is 6.80. The number of thiophene rings is 1. The largest absolute Gasteiger partial charge is 0.389 e. The quantitative estimate of drug-likeness (QED) is 0.402. The number of hydrogen-bond donors (Lipinski definition) is 0. The summed E-state index contributed by atoms with van der Waals surface area (Å²) in [5.41, 5.74) is 0.790. The fourth-order valence-electron chi connectivity index (χ4n) is 3.23. The van der Waals surface area contributed by atoms with E-state index in [0.29, 0.717) is 10.8 Å². The van der Waals surface area contributed by atoms with E-state index >= 15 is 0 Å². The summed E-state index contributed by atoms with van der Waals surface area (Å²) in [7, 11) is -0.410. The van der Waals surface area contributed by atoms with Gasteiger partial charge in [0.1, 0.15) is 15.7 Å². The first-order valence-electron chi connectivity index (χ1n) is 9.72. The molecule has 168 valence electrons. The number of aromatic nitrogens is 1. The molecule has 0 unspecified atom stereocenters. The SMILES string of the molecule is Cc1c(N(CCCCC(F)(F)F)S(=O)(=O)c2ccc(N(C)C)nc2)sc2ccccc12. The number of hydrogen-bond acceptors (Lipinski definition) is 5. The van der Waals surface area contributed by atoms with E-state index in [9.17, 15) is 21.6 Å². The van der Waals surface area contributed by atoms with E-state index in [1.54, 1.807) is 25.1 Å². The van der Waals surface area contributed by atoms with Crippen molar-refractivity contribution in [1.82, 2.24) is 4.98 Å². The average molecular weight is 472 g/mol. The number of benzene rings is 1. The molecule has 0 saturated heterocycles. The summed E-state index contributed by atoms with van der Waals surface area (Å²) in [6.07, 6.45) is -3.96. The highest BCUT2D eigenvalue weighted by Crippen LogP contribution is 2.40. The lowest BCUT2D eigenvalue weighted by atomic mass is 10.2. The predicted molar refractivity (Wildman–Crippen MR) is 120 cm³/mol. The van der Waals surface area contributed by atoms with Crippen LogP contribution in [0.3, 0.4) is 0 Å². The van der Waals surface area contributed by atoms with Crippen LogP contribution in [0.2, 0.25) is 0 Å². The number of rotatable bonds is 8. The van der Waals surface area contributed by atoms with Crippen LogP contribution in [0.25, 0.3) is 10.1 Å². The van der Waals surface area contributed by atoms with E-state index in [-0.39, 0.29) is 24.3 Å². The highest BCUT2D eigenvalue weighted by Gasteiger charge is 2.30. The molecule has 0 N–H and O–H groups in total. The van der Waals surface area contributed by atoms with Crippen LogP contribution in [0.15, 0.2) is 47.5 Å². The molecule has 2 aromatic heterocycles. The van der Waals surface area contributed by atoms with E-state index in [1.165, 1.54) is 27.9 Å². The molecule has 3 aromatic rings. The van der Waals surface area contributed by atoms with E-state index < -0.39 is 22.6 Å². The molecule has 1 aromatic carbocycles. The molecule has 3 rings (SSSR count). The minimum Gasteiger partial charge on any atom is -0.363 e. The summed E-state index contributed by atoms with van der Waals surface area (Å²) in [4.78, 5) is 5.95. The molecule has 0 spiro atoms. The molecule has 0 saturated carbocycles. The lowest BCUT2D eigenvalue weighted by molar-refractivity contribution is -0.135. The first-order chi connectivity index (χ1) is 14.5. The van der Waals surface area contributed by atoms with Gasteiger partial charge in [-0.1, -0.05) is 18.2 Å². The van der Waals surface area contributed by atoms with Crippen LogP contribution in [-0.4, -0.2) is 40.2 Å². The number of alkyl halides is 3. The standard InChI is InChI=1S/C21H24F3N3O2S2/c1-15-17-8-4-5-9-18(17)30-20(15)27(13-7-6-12-21(22,23)24)31(28,29)16-10-11-19(25-14-16)26(2)3/h4-5,8-11,14H,6-7,12-13H2,1-3H3. The number of aryl methyl sites for hydroxylation is 1. The second-order valence-corrected chi connectivity index (χ2v) is 10.3. The van der Waals surface area contributed by atoms with Crippen LogP contribution in [-0.2, 0) is 10.0 Å². The summed E-state index contributed by atoms with van der Waals surface area (Å²) in [6.45, 7) is 1.79. The lowest BCUT2D eigenvalue weighted by Gasteiger charge is -2.24. The van der Waals surface area contributed by atoms with Crippen LogP contribution in [0.5, 0.6) is 0 Å². The monoisotopic (exact) mass is 471 g/mol.